The molecule has 22 heavy (non-hydrogen) atoms. The van der Waals surface area contributed by atoms with E-state index in [1.54, 1.807) is 11.0 Å². The van der Waals surface area contributed by atoms with Crippen molar-refractivity contribution in [1.29, 1.82) is 0 Å². The van der Waals surface area contributed by atoms with Crippen LogP contribution >= 0.6 is 0 Å². The number of nitrogens with two attached hydrogens (primary N) is 1. The first-order chi connectivity index (χ1) is 10.7. The largest absolute Gasteiger partial charge is 0.338 e. The Kier molecular flexibility index (Phi) is 5.67. The molecule has 0 fully saturated rings. The standard InChI is InChI=1S/C18H21FN2O/c1-2-21(13-14-7-6-10-16(19)11-14)18(22)17(12-20)15-8-4-3-5-9-15/h3-11,17H,2,12-13,20H2,1H3. The third-order valence-electron chi connectivity index (χ3n) is 3.69. The van der Waals surface area contributed by atoms with Crippen LogP contribution in [0.25, 0.3) is 0 Å². The van der Waals surface area contributed by atoms with Crippen LogP contribution in [0.15, 0.2) is 54.6 Å². The van der Waals surface area contributed by atoms with Gasteiger partial charge in [-0.2, -0.15) is 0 Å². The van der Waals surface area contributed by atoms with Crippen molar-refractivity contribution in [1.82, 2.24) is 4.90 Å². The average Bonchev–Trinajstić information content (AvgIpc) is 2.54. The van der Waals surface area contributed by atoms with Crippen LogP contribution in [0.5, 0.6) is 0 Å². The van der Waals surface area contributed by atoms with Crippen molar-refractivity contribution in [2.24, 2.45) is 5.73 Å². The van der Waals surface area contributed by atoms with Gasteiger partial charge in [-0.15, -0.1) is 0 Å². The van der Waals surface area contributed by atoms with E-state index in [-0.39, 0.29) is 24.2 Å². The fourth-order valence-electron chi connectivity index (χ4n) is 2.49. The average molecular weight is 300 g/mol. The molecule has 0 aliphatic heterocycles. The van der Waals surface area contributed by atoms with Gasteiger partial charge in [-0.25, -0.2) is 4.39 Å². The van der Waals surface area contributed by atoms with E-state index < -0.39 is 0 Å². The first-order valence-corrected chi connectivity index (χ1v) is 7.44. The summed E-state index contributed by atoms with van der Waals surface area (Å²) in [5.74, 6) is -0.686. The number of likely N-dealkylation sites (N-methyl/N-ethyl adjacent to an activating group) is 1. The van der Waals surface area contributed by atoms with Gasteiger partial charge in [0.05, 0.1) is 5.92 Å². The first kappa shape index (κ1) is 16.2. The minimum Gasteiger partial charge on any atom is -0.338 e. The molecule has 0 aliphatic carbocycles. The van der Waals surface area contributed by atoms with Crippen molar-refractivity contribution in [3.63, 3.8) is 0 Å². The smallest absolute Gasteiger partial charge is 0.231 e. The molecule has 2 aromatic rings. The van der Waals surface area contributed by atoms with E-state index in [1.807, 2.05) is 43.3 Å². The Labute approximate surface area is 130 Å². The fraction of sp³-hybridized carbons (Fsp3) is 0.278. The van der Waals surface area contributed by atoms with Crippen molar-refractivity contribution in [2.45, 2.75) is 19.4 Å². The molecular formula is C18H21FN2O. The van der Waals surface area contributed by atoms with Crippen molar-refractivity contribution >= 4 is 5.91 Å². The molecule has 1 amide bonds. The summed E-state index contributed by atoms with van der Waals surface area (Å²) in [6.45, 7) is 3.10. The van der Waals surface area contributed by atoms with E-state index >= 15 is 0 Å². The van der Waals surface area contributed by atoms with Gasteiger partial charge in [0.1, 0.15) is 5.82 Å². The number of hydrogen-bond donors (Lipinski definition) is 1. The van der Waals surface area contributed by atoms with Gasteiger partial charge in [0, 0.05) is 19.6 Å². The van der Waals surface area contributed by atoms with Crippen LogP contribution in [0.1, 0.15) is 24.0 Å². The summed E-state index contributed by atoms with van der Waals surface area (Å²) in [5, 5.41) is 0. The van der Waals surface area contributed by atoms with Gasteiger partial charge in [-0.3, -0.25) is 4.79 Å². The lowest BCUT2D eigenvalue weighted by Crippen LogP contribution is -2.37. The lowest BCUT2D eigenvalue weighted by Gasteiger charge is -2.26. The highest BCUT2D eigenvalue weighted by Gasteiger charge is 2.23. The van der Waals surface area contributed by atoms with Crippen LogP contribution in [-0.2, 0) is 11.3 Å². The van der Waals surface area contributed by atoms with Gasteiger partial charge in [0.25, 0.3) is 0 Å². The van der Waals surface area contributed by atoms with Crippen LogP contribution in [0.2, 0.25) is 0 Å². The number of carbonyl (C=O) groups is 1. The SMILES string of the molecule is CCN(Cc1cccc(F)c1)C(=O)C(CN)c1ccccc1. The molecular weight excluding hydrogens is 279 g/mol. The third kappa shape index (κ3) is 3.92. The fourth-order valence-corrected chi connectivity index (χ4v) is 2.49. The number of amides is 1. The summed E-state index contributed by atoms with van der Waals surface area (Å²) < 4.78 is 13.3. The molecule has 0 aromatic heterocycles. The lowest BCUT2D eigenvalue weighted by molar-refractivity contribution is -0.133. The van der Waals surface area contributed by atoms with Crippen LogP contribution in [0, 0.1) is 5.82 Å². The van der Waals surface area contributed by atoms with E-state index in [4.69, 9.17) is 5.73 Å². The van der Waals surface area contributed by atoms with Crippen LogP contribution in [-0.4, -0.2) is 23.9 Å². The molecule has 116 valence electrons. The number of halogens is 1. The van der Waals surface area contributed by atoms with Gasteiger partial charge in [0.2, 0.25) is 5.91 Å². The monoisotopic (exact) mass is 300 g/mol. The molecule has 0 bridgehead atoms. The Morgan fingerprint density at radius 3 is 2.50 bits per heavy atom. The quantitative estimate of drug-likeness (QED) is 0.891. The molecule has 0 spiro atoms. The summed E-state index contributed by atoms with van der Waals surface area (Å²) in [6, 6.07) is 15.8. The Balaban J connectivity index is 2.17. The van der Waals surface area contributed by atoms with Crippen molar-refractivity contribution in [3.05, 3.63) is 71.5 Å². The van der Waals surface area contributed by atoms with Crippen LogP contribution in [0.3, 0.4) is 0 Å². The zero-order valence-corrected chi connectivity index (χ0v) is 12.7. The number of nitrogens with zero attached hydrogens (tertiary/aromatic N) is 1. The number of benzene rings is 2. The number of rotatable bonds is 6. The maximum atomic E-state index is 13.3. The Hall–Kier alpha value is -2.20. The van der Waals surface area contributed by atoms with Crippen LogP contribution < -0.4 is 5.73 Å². The highest BCUT2D eigenvalue weighted by Crippen LogP contribution is 2.19. The van der Waals surface area contributed by atoms with Gasteiger partial charge >= 0.3 is 0 Å². The molecule has 0 saturated heterocycles. The Morgan fingerprint density at radius 2 is 1.91 bits per heavy atom. The molecule has 0 aliphatic rings. The zero-order chi connectivity index (χ0) is 15.9. The molecule has 2 rings (SSSR count). The second-order valence-electron chi connectivity index (χ2n) is 5.18. The van der Waals surface area contributed by atoms with E-state index in [0.29, 0.717) is 13.1 Å². The molecule has 2 aromatic carbocycles. The molecule has 0 heterocycles. The molecule has 2 N–H and O–H groups in total. The molecule has 4 heteroatoms. The summed E-state index contributed by atoms with van der Waals surface area (Å²) in [7, 11) is 0. The molecule has 1 atom stereocenters. The maximum Gasteiger partial charge on any atom is 0.231 e. The summed E-state index contributed by atoms with van der Waals surface area (Å²) in [5.41, 5.74) is 7.49. The van der Waals surface area contributed by atoms with E-state index in [0.717, 1.165) is 11.1 Å². The highest BCUT2D eigenvalue weighted by atomic mass is 19.1. The normalized spacial score (nSPS) is 12.0. The molecule has 0 saturated carbocycles. The molecule has 3 nitrogen and oxygen atoms in total. The molecule has 0 radical (unpaired) electrons. The van der Waals surface area contributed by atoms with Crippen LogP contribution in [0.4, 0.5) is 4.39 Å². The lowest BCUT2D eigenvalue weighted by atomic mass is 9.97. The topological polar surface area (TPSA) is 46.3 Å². The van der Waals surface area contributed by atoms with E-state index in [2.05, 4.69) is 0 Å². The Morgan fingerprint density at radius 1 is 1.18 bits per heavy atom. The summed E-state index contributed by atoms with van der Waals surface area (Å²) >= 11 is 0. The van der Waals surface area contributed by atoms with E-state index in [9.17, 15) is 9.18 Å². The summed E-state index contributed by atoms with van der Waals surface area (Å²) in [4.78, 5) is 14.5. The minimum atomic E-state index is -0.366. The predicted molar refractivity (Wildman–Crippen MR) is 85.7 cm³/mol. The van der Waals surface area contributed by atoms with Crippen molar-refractivity contribution < 1.29 is 9.18 Å². The second kappa shape index (κ2) is 7.71. The third-order valence-corrected chi connectivity index (χ3v) is 3.69. The number of carbonyl (C=O) groups excluding carboxylic acids is 1. The predicted octanol–water partition coefficient (Wildman–Crippen LogP) is 2.92. The van der Waals surface area contributed by atoms with Crippen molar-refractivity contribution in [3.8, 4) is 0 Å². The van der Waals surface area contributed by atoms with Crippen molar-refractivity contribution in [2.75, 3.05) is 13.1 Å². The minimum absolute atomic E-state index is 0.0274. The Bertz CT molecular complexity index is 615. The van der Waals surface area contributed by atoms with Gasteiger partial charge in [0.15, 0.2) is 0 Å². The highest BCUT2D eigenvalue weighted by molar-refractivity contribution is 5.84. The van der Waals surface area contributed by atoms with E-state index in [1.165, 1.54) is 12.1 Å². The van der Waals surface area contributed by atoms with Gasteiger partial charge in [-0.05, 0) is 30.2 Å². The zero-order valence-electron chi connectivity index (χ0n) is 12.7. The maximum absolute atomic E-state index is 13.3. The van der Waals surface area contributed by atoms with Gasteiger partial charge in [-0.1, -0.05) is 42.5 Å². The van der Waals surface area contributed by atoms with Gasteiger partial charge < -0.3 is 10.6 Å². The molecule has 1 unspecified atom stereocenters. The summed E-state index contributed by atoms with van der Waals surface area (Å²) in [6.07, 6.45) is 0. The number of hydrogen-bond acceptors (Lipinski definition) is 2. The first-order valence-electron chi connectivity index (χ1n) is 7.44. The second-order valence-corrected chi connectivity index (χ2v) is 5.18.